The Morgan fingerprint density at radius 2 is 1.51 bits per heavy atom. The molecule has 0 saturated heterocycles. The van der Waals surface area contributed by atoms with Gasteiger partial charge in [-0.2, -0.15) is 0 Å². The lowest BCUT2D eigenvalue weighted by molar-refractivity contribution is 0.0490. The Balaban J connectivity index is 1.47. The van der Waals surface area contributed by atoms with Crippen LogP contribution in [0.25, 0.3) is 11.1 Å². The van der Waals surface area contributed by atoms with E-state index < -0.39 is 17.8 Å². The molecule has 0 radical (unpaired) electrons. The number of carbonyl (C=O) groups is 2. The lowest BCUT2D eigenvalue weighted by Crippen LogP contribution is -2.48. The average Bonchev–Trinajstić information content (AvgIpc) is 2.93. The van der Waals surface area contributed by atoms with Gasteiger partial charge in [-0.05, 0) is 52.0 Å². The van der Waals surface area contributed by atoms with Gasteiger partial charge in [0, 0.05) is 48.0 Å². The van der Waals surface area contributed by atoms with Gasteiger partial charge in [-0.15, -0.1) is 0 Å². The van der Waals surface area contributed by atoms with Gasteiger partial charge in [0.05, 0.1) is 7.11 Å². The Labute approximate surface area is 228 Å². The number of aromatic nitrogens is 4. The fraction of sp³-hybridized carbons (Fsp3) is 0.429. The number of benzene rings is 1. The van der Waals surface area contributed by atoms with E-state index in [-0.39, 0.29) is 30.6 Å². The Morgan fingerprint density at radius 3 is 2.08 bits per heavy atom. The molecule has 1 N–H and O–H groups in total. The fourth-order valence-electron chi connectivity index (χ4n) is 4.30. The van der Waals surface area contributed by atoms with Crippen LogP contribution in [0.3, 0.4) is 0 Å². The van der Waals surface area contributed by atoms with Crippen LogP contribution in [0.1, 0.15) is 52.0 Å². The molecule has 0 atom stereocenters. The van der Waals surface area contributed by atoms with Crippen LogP contribution in [0.5, 0.6) is 6.01 Å². The number of anilines is 1. The van der Waals surface area contributed by atoms with E-state index in [1.54, 1.807) is 24.8 Å². The third kappa shape index (κ3) is 7.86. The molecule has 2 heterocycles. The highest BCUT2D eigenvalue weighted by Crippen LogP contribution is 2.28. The standard InChI is InChI=1S/C28H34N6O5/c1-28(2,3)39-26(35)33-22-10-12-23(13-11-22)34(27(36)38-18-19-8-6-5-7-9-19)24-29-14-20(15-30-24)21-16-31-25(37-4)32-17-21/h5-9,14-17,22-23H,10-13,18H2,1-4H3,(H,33,35). The predicted molar refractivity (Wildman–Crippen MR) is 144 cm³/mol. The van der Waals surface area contributed by atoms with Crippen molar-refractivity contribution in [2.75, 3.05) is 12.0 Å². The number of amides is 2. The maximum atomic E-state index is 13.4. The molecule has 2 amide bonds. The molecule has 0 unspecified atom stereocenters. The van der Waals surface area contributed by atoms with Crippen molar-refractivity contribution in [1.29, 1.82) is 0 Å². The number of ether oxygens (including phenoxy) is 3. The van der Waals surface area contributed by atoms with Gasteiger partial charge in [0.25, 0.3) is 0 Å². The highest BCUT2D eigenvalue weighted by molar-refractivity contribution is 5.86. The highest BCUT2D eigenvalue weighted by atomic mass is 16.6. The highest BCUT2D eigenvalue weighted by Gasteiger charge is 2.33. The first-order chi connectivity index (χ1) is 18.7. The summed E-state index contributed by atoms with van der Waals surface area (Å²) in [5, 5.41) is 2.94. The quantitative estimate of drug-likeness (QED) is 0.449. The first kappa shape index (κ1) is 27.7. The van der Waals surface area contributed by atoms with E-state index in [1.807, 2.05) is 51.1 Å². The number of carbonyl (C=O) groups excluding carboxylic acids is 2. The molecule has 3 aromatic rings. The van der Waals surface area contributed by atoms with Crippen molar-refractivity contribution in [2.45, 2.75) is 70.7 Å². The summed E-state index contributed by atoms with van der Waals surface area (Å²) in [6.07, 6.45) is 8.15. The second-order valence-corrected chi connectivity index (χ2v) is 10.3. The maximum absolute atomic E-state index is 13.4. The van der Waals surface area contributed by atoms with Crippen LogP contribution in [0.4, 0.5) is 15.5 Å². The fourth-order valence-corrected chi connectivity index (χ4v) is 4.30. The number of rotatable bonds is 7. The first-order valence-corrected chi connectivity index (χ1v) is 12.9. The number of hydrogen-bond donors (Lipinski definition) is 1. The third-order valence-corrected chi connectivity index (χ3v) is 6.18. The number of nitrogens with zero attached hydrogens (tertiary/aromatic N) is 5. The normalized spacial score (nSPS) is 17.1. The van der Waals surface area contributed by atoms with Crippen LogP contribution in [0, 0.1) is 0 Å². The zero-order valence-electron chi connectivity index (χ0n) is 22.7. The van der Waals surface area contributed by atoms with Gasteiger partial charge in [0.2, 0.25) is 5.95 Å². The molecule has 1 saturated carbocycles. The second kappa shape index (κ2) is 12.5. The molecule has 1 aliphatic rings. The summed E-state index contributed by atoms with van der Waals surface area (Å²) in [7, 11) is 1.50. The van der Waals surface area contributed by atoms with E-state index in [9.17, 15) is 9.59 Å². The Kier molecular flexibility index (Phi) is 8.90. The van der Waals surface area contributed by atoms with Gasteiger partial charge >= 0.3 is 18.2 Å². The van der Waals surface area contributed by atoms with Crippen molar-refractivity contribution in [3.63, 3.8) is 0 Å². The molecule has 0 spiro atoms. The summed E-state index contributed by atoms with van der Waals surface area (Å²) < 4.78 is 16.1. The lowest BCUT2D eigenvalue weighted by Gasteiger charge is -2.35. The number of hydrogen-bond acceptors (Lipinski definition) is 9. The molecular formula is C28H34N6O5. The summed E-state index contributed by atoms with van der Waals surface area (Å²) in [4.78, 5) is 44.3. The van der Waals surface area contributed by atoms with Crippen LogP contribution in [-0.2, 0) is 16.1 Å². The Morgan fingerprint density at radius 1 is 0.923 bits per heavy atom. The van der Waals surface area contributed by atoms with Crippen molar-refractivity contribution in [1.82, 2.24) is 25.3 Å². The van der Waals surface area contributed by atoms with E-state index in [2.05, 4.69) is 25.3 Å². The minimum Gasteiger partial charge on any atom is -0.467 e. The molecule has 1 aromatic carbocycles. The smallest absolute Gasteiger partial charge is 0.417 e. The minimum absolute atomic E-state index is 0.0448. The van der Waals surface area contributed by atoms with Crippen LogP contribution in [0.2, 0.25) is 0 Å². The minimum atomic E-state index is -0.567. The first-order valence-electron chi connectivity index (χ1n) is 12.9. The van der Waals surface area contributed by atoms with Gasteiger partial charge in [-0.3, -0.25) is 0 Å². The van der Waals surface area contributed by atoms with E-state index in [4.69, 9.17) is 14.2 Å². The molecule has 11 heteroatoms. The molecule has 1 fully saturated rings. The summed E-state index contributed by atoms with van der Waals surface area (Å²) in [5.74, 6) is 0.245. The molecule has 2 aromatic heterocycles. The molecule has 1 aliphatic carbocycles. The summed E-state index contributed by atoms with van der Waals surface area (Å²) in [6, 6.07) is 9.51. The molecule has 39 heavy (non-hydrogen) atoms. The molecule has 4 rings (SSSR count). The van der Waals surface area contributed by atoms with E-state index in [1.165, 1.54) is 12.0 Å². The van der Waals surface area contributed by atoms with Gasteiger partial charge in [-0.1, -0.05) is 30.3 Å². The monoisotopic (exact) mass is 534 g/mol. The van der Waals surface area contributed by atoms with Gasteiger partial charge in [-0.25, -0.2) is 34.4 Å². The molecule has 0 aliphatic heterocycles. The lowest BCUT2D eigenvalue weighted by atomic mass is 9.90. The van der Waals surface area contributed by atoms with E-state index in [0.717, 1.165) is 5.56 Å². The Bertz CT molecular complexity index is 1220. The van der Waals surface area contributed by atoms with Crippen molar-refractivity contribution in [3.8, 4) is 17.1 Å². The number of alkyl carbamates (subject to hydrolysis) is 1. The second-order valence-electron chi connectivity index (χ2n) is 10.3. The van der Waals surface area contributed by atoms with Crippen LogP contribution >= 0.6 is 0 Å². The molecule has 11 nitrogen and oxygen atoms in total. The number of nitrogens with one attached hydrogen (secondary N) is 1. The molecular weight excluding hydrogens is 500 g/mol. The molecule has 206 valence electrons. The van der Waals surface area contributed by atoms with Crippen LogP contribution in [-0.4, -0.2) is 56.9 Å². The maximum Gasteiger partial charge on any atom is 0.417 e. The van der Waals surface area contributed by atoms with Crippen molar-refractivity contribution >= 4 is 18.1 Å². The zero-order chi connectivity index (χ0) is 27.8. The summed E-state index contributed by atoms with van der Waals surface area (Å²) >= 11 is 0. The van der Waals surface area contributed by atoms with E-state index in [0.29, 0.717) is 36.8 Å². The zero-order valence-corrected chi connectivity index (χ0v) is 22.7. The topological polar surface area (TPSA) is 129 Å². The van der Waals surface area contributed by atoms with Crippen molar-refractivity contribution in [3.05, 3.63) is 60.7 Å². The third-order valence-electron chi connectivity index (χ3n) is 6.18. The average molecular weight is 535 g/mol. The van der Waals surface area contributed by atoms with Crippen LogP contribution in [0.15, 0.2) is 55.1 Å². The van der Waals surface area contributed by atoms with E-state index >= 15 is 0 Å². The van der Waals surface area contributed by atoms with Gasteiger partial charge in [0.15, 0.2) is 0 Å². The Hall–Kier alpha value is -4.28. The van der Waals surface area contributed by atoms with Crippen molar-refractivity contribution < 1.29 is 23.8 Å². The molecule has 0 bridgehead atoms. The largest absolute Gasteiger partial charge is 0.467 e. The van der Waals surface area contributed by atoms with Gasteiger partial charge in [0.1, 0.15) is 12.2 Å². The van der Waals surface area contributed by atoms with Crippen LogP contribution < -0.4 is 15.0 Å². The van der Waals surface area contributed by atoms with Gasteiger partial charge < -0.3 is 19.5 Å². The SMILES string of the molecule is COc1ncc(-c2cnc(N(C(=O)OCc3ccccc3)C3CCC(NC(=O)OC(C)(C)C)CC3)nc2)cn1. The van der Waals surface area contributed by atoms with Crippen molar-refractivity contribution in [2.24, 2.45) is 0 Å². The summed E-state index contributed by atoms with van der Waals surface area (Å²) in [6.45, 7) is 5.62. The number of methoxy groups -OCH3 is 1. The summed E-state index contributed by atoms with van der Waals surface area (Å²) in [5.41, 5.74) is 1.73. The predicted octanol–water partition coefficient (Wildman–Crippen LogP) is 4.92.